The van der Waals surface area contributed by atoms with E-state index < -0.39 is 0 Å². The number of nitrogens with zero attached hydrogens (tertiary/aromatic N) is 2. The monoisotopic (exact) mass is 298 g/mol. The summed E-state index contributed by atoms with van der Waals surface area (Å²) in [4.78, 5) is 12.2. The molecule has 110 valence electrons. The van der Waals surface area contributed by atoms with Crippen LogP contribution in [0, 0.1) is 0 Å². The number of rotatable bonds is 1. The molecule has 0 radical (unpaired) electrons. The minimum atomic E-state index is -0.0767. The molecule has 0 amide bonds. The van der Waals surface area contributed by atoms with Crippen molar-refractivity contribution in [1.29, 1.82) is 0 Å². The predicted molar refractivity (Wildman–Crippen MR) is 90.8 cm³/mol. The van der Waals surface area contributed by atoms with Crippen molar-refractivity contribution in [3.8, 4) is 22.5 Å². The van der Waals surface area contributed by atoms with Crippen LogP contribution in [0.2, 0.25) is 0 Å². The lowest BCUT2D eigenvalue weighted by molar-refractivity contribution is 0.901. The lowest BCUT2D eigenvalue weighted by Crippen LogP contribution is -2.07. The van der Waals surface area contributed by atoms with Gasteiger partial charge in [0.2, 0.25) is 0 Å². The molecule has 3 N–H and O–H groups in total. The summed E-state index contributed by atoms with van der Waals surface area (Å²) in [6.45, 7) is 0. The SMILES string of the molecule is NC1c2ccccc2-c2c(-c3nc4ccncc4[nH]3)cccc21. The van der Waals surface area contributed by atoms with Gasteiger partial charge in [-0.2, -0.15) is 0 Å². The van der Waals surface area contributed by atoms with Gasteiger partial charge in [0, 0.05) is 11.8 Å². The predicted octanol–water partition coefficient (Wildman–Crippen LogP) is 3.65. The number of H-pyrrole nitrogens is 1. The van der Waals surface area contributed by atoms with E-state index in [2.05, 4.69) is 40.3 Å². The Bertz CT molecular complexity index is 1020. The summed E-state index contributed by atoms with van der Waals surface area (Å²) in [5, 5.41) is 0. The van der Waals surface area contributed by atoms with Gasteiger partial charge >= 0.3 is 0 Å². The molecule has 0 bridgehead atoms. The molecule has 0 saturated heterocycles. The molecule has 0 saturated carbocycles. The topological polar surface area (TPSA) is 67.6 Å². The molecule has 2 heterocycles. The van der Waals surface area contributed by atoms with Gasteiger partial charge in [-0.15, -0.1) is 0 Å². The maximum absolute atomic E-state index is 6.44. The Kier molecular flexibility index (Phi) is 2.46. The van der Waals surface area contributed by atoms with E-state index in [-0.39, 0.29) is 6.04 Å². The fourth-order valence-electron chi connectivity index (χ4n) is 3.48. The number of pyridine rings is 1. The fourth-order valence-corrected chi connectivity index (χ4v) is 3.48. The van der Waals surface area contributed by atoms with Crippen LogP contribution in [0.4, 0.5) is 0 Å². The number of aromatic amines is 1. The summed E-state index contributed by atoms with van der Waals surface area (Å²) in [6, 6.07) is 16.4. The Morgan fingerprint density at radius 2 is 1.74 bits per heavy atom. The van der Waals surface area contributed by atoms with Crippen LogP contribution in [0.5, 0.6) is 0 Å². The number of nitrogens with two attached hydrogens (primary N) is 1. The summed E-state index contributed by atoms with van der Waals surface area (Å²) < 4.78 is 0. The van der Waals surface area contributed by atoms with Crippen LogP contribution in [0.15, 0.2) is 60.9 Å². The maximum Gasteiger partial charge on any atom is 0.139 e. The highest BCUT2D eigenvalue weighted by molar-refractivity contribution is 5.91. The minimum absolute atomic E-state index is 0.0767. The van der Waals surface area contributed by atoms with Crippen LogP contribution in [-0.4, -0.2) is 15.0 Å². The summed E-state index contributed by atoms with van der Waals surface area (Å²) >= 11 is 0. The van der Waals surface area contributed by atoms with Crippen molar-refractivity contribution in [2.45, 2.75) is 6.04 Å². The van der Waals surface area contributed by atoms with E-state index >= 15 is 0 Å². The number of fused-ring (bicyclic) bond motifs is 4. The summed E-state index contributed by atoms with van der Waals surface area (Å²) in [5.74, 6) is 0.855. The third-order valence-corrected chi connectivity index (χ3v) is 4.54. The lowest BCUT2D eigenvalue weighted by Gasteiger charge is -2.08. The average Bonchev–Trinajstić information content (AvgIpc) is 3.15. The summed E-state index contributed by atoms with van der Waals surface area (Å²) in [5.41, 5.74) is 14.1. The van der Waals surface area contributed by atoms with E-state index in [0.717, 1.165) is 28.0 Å². The average molecular weight is 298 g/mol. The highest BCUT2D eigenvalue weighted by Crippen LogP contribution is 2.46. The highest BCUT2D eigenvalue weighted by atomic mass is 14.9. The minimum Gasteiger partial charge on any atom is -0.337 e. The zero-order chi connectivity index (χ0) is 15.4. The van der Waals surface area contributed by atoms with E-state index in [1.165, 1.54) is 16.7 Å². The fraction of sp³-hybridized carbons (Fsp3) is 0.0526. The molecule has 4 aromatic rings. The molecule has 5 rings (SSSR count). The smallest absolute Gasteiger partial charge is 0.139 e. The van der Waals surface area contributed by atoms with Crippen LogP contribution in [-0.2, 0) is 0 Å². The second-order valence-electron chi connectivity index (χ2n) is 5.81. The Morgan fingerprint density at radius 1 is 0.913 bits per heavy atom. The van der Waals surface area contributed by atoms with Crippen LogP contribution in [0.25, 0.3) is 33.5 Å². The zero-order valence-electron chi connectivity index (χ0n) is 12.3. The molecular formula is C19H14N4. The first-order valence-corrected chi connectivity index (χ1v) is 7.61. The Morgan fingerprint density at radius 3 is 2.65 bits per heavy atom. The van der Waals surface area contributed by atoms with Crippen LogP contribution in [0.1, 0.15) is 17.2 Å². The number of benzene rings is 2. The van der Waals surface area contributed by atoms with Gasteiger partial charge in [0.15, 0.2) is 0 Å². The van der Waals surface area contributed by atoms with Crippen LogP contribution in [0.3, 0.4) is 0 Å². The number of imidazole rings is 1. The largest absolute Gasteiger partial charge is 0.337 e. The molecule has 0 fully saturated rings. The van der Waals surface area contributed by atoms with Gasteiger partial charge in [-0.1, -0.05) is 42.5 Å². The standard InChI is InChI=1S/C19H14N4/c20-18-12-5-2-1-4-11(12)17-13(18)6-3-7-14(17)19-22-15-8-9-21-10-16(15)23-19/h1-10,18H,20H2,(H,22,23). The van der Waals surface area contributed by atoms with Crippen molar-refractivity contribution in [1.82, 2.24) is 15.0 Å². The number of nitrogens with one attached hydrogen (secondary N) is 1. The molecule has 2 aromatic heterocycles. The van der Waals surface area contributed by atoms with Crippen LogP contribution < -0.4 is 5.73 Å². The van der Waals surface area contributed by atoms with Crippen molar-refractivity contribution in [3.63, 3.8) is 0 Å². The second-order valence-corrected chi connectivity index (χ2v) is 5.81. The van der Waals surface area contributed by atoms with Crippen molar-refractivity contribution in [3.05, 3.63) is 72.1 Å². The van der Waals surface area contributed by atoms with Gasteiger partial charge in [0.1, 0.15) is 5.82 Å². The third kappa shape index (κ3) is 1.69. The first kappa shape index (κ1) is 12.6. The molecule has 23 heavy (non-hydrogen) atoms. The number of hydrogen-bond donors (Lipinski definition) is 2. The molecular weight excluding hydrogens is 284 g/mol. The van der Waals surface area contributed by atoms with E-state index in [1.807, 2.05) is 18.2 Å². The Hall–Kier alpha value is -2.98. The third-order valence-electron chi connectivity index (χ3n) is 4.54. The van der Waals surface area contributed by atoms with Gasteiger partial charge in [-0.25, -0.2) is 4.98 Å². The van der Waals surface area contributed by atoms with E-state index in [4.69, 9.17) is 10.7 Å². The molecule has 2 aromatic carbocycles. The molecule has 0 spiro atoms. The van der Waals surface area contributed by atoms with E-state index in [1.54, 1.807) is 12.4 Å². The summed E-state index contributed by atoms with van der Waals surface area (Å²) in [7, 11) is 0. The van der Waals surface area contributed by atoms with E-state index in [0.29, 0.717) is 0 Å². The first-order valence-electron chi connectivity index (χ1n) is 7.61. The normalized spacial score (nSPS) is 15.6. The van der Waals surface area contributed by atoms with Crippen molar-refractivity contribution in [2.24, 2.45) is 5.73 Å². The lowest BCUT2D eigenvalue weighted by atomic mass is 9.99. The van der Waals surface area contributed by atoms with Crippen molar-refractivity contribution < 1.29 is 0 Å². The van der Waals surface area contributed by atoms with Gasteiger partial charge in [0.05, 0.1) is 23.3 Å². The molecule has 1 aliphatic carbocycles. The number of aromatic nitrogens is 3. The first-order chi connectivity index (χ1) is 11.3. The Balaban J connectivity index is 1.81. The van der Waals surface area contributed by atoms with Gasteiger partial charge in [-0.05, 0) is 28.3 Å². The molecule has 1 atom stereocenters. The Labute approximate surface area is 133 Å². The molecule has 1 aliphatic rings. The van der Waals surface area contributed by atoms with Crippen molar-refractivity contribution >= 4 is 11.0 Å². The van der Waals surface area contributed by atoms with E-state index in [9.17, 15) is 0 Å². The quantitative estimate of drug-likeness (QED) is 0.563. The number of hydrogen-bond acceptors (Lipinski definition) is 3. The van der Waals surface area contributed by atoms with Gasteiger partial charge in [0.25, 0.3) is 0 Å². The van der Waals surface area contributed by atoms with Gasteiger partial charge in [-0.3, -0.25) is 4.98 Å². The zero-order valence-corrected chi connectivity index (χ0v) is 12.3. The molecule has 0 aliphatic heterocycles. The van der Waals surface area contributed by atoms with Crippen LogP contribution >= 0.6 is 0 Å². The molecule has 4 nitrogen and oxygen atoms in total. The summed E-state index contributed by atoms with van der Waals surface area (Å²) in [6.07, 6.45) is 3.56. The maximum atomic E-state index is 6.44. The second kappa shape index (κ2) is 4.51. The highest BCUT2D eigenvalue weighted by Gasteiger charge is 2.28. The molecule has 1 unspecified atom stereocenters. The molecule has 4 heteroatoms. The van der Waals surface area contributed by atoms with Crippen molar-refractivity contribution in [2.75, 3.05) is 0 Å². The van der Waals surface area contributed by atoms with Gasteiger partial charge < -0.3 is 10.7 Å².